The summed E-state index contributed by atoms with van der Waals surface area (Å²) in [4.78, 5) is 22.0. The van der Waals surface area contributed by atoms with Gasteiger partial charge < -0.3 is 15.0 Å². The number of thiophene rings is 1. The van der Waals surface area contributed by atoms with Crippen LogP contribution in [0.25, 0.3) is 11.0 Å². The minimum atomic E-state index is -0.0821. The van der Waals surface area contributed by atoms with Crippen LogP contribution in [0.4, 0.5) is 5.69 Å². The van der Waals surface area contributed by atoms with Crippen LogP contribution >= 0.6 is 11.3 Å². The summed E-state index contributed by atoms with van der Waals surface area (Å²) in [5, 5.41) is 2.93. The van der Waals surface area contributed by atoms with Gasteiger partial charge in [0, 0.05) is 17.2 Å². The Morgan fingerprint density at radius 2 is 2.30 bits per heavy atom. The minimum Gasteiger partial charge on any atom is -0.370 e. The van der Waals surface area contributed by atoms with Crippen LogP contribution in [0.15, 0.2) is 30.3 Å². The zero-order valence-electron chi connectivity index (χ0n) is 12.8. The van der Waals surface area contributed by atoms with Crippen LogP contribution in [-0.2, 0) is 4.74 Å². The number of ether oxygens (including phenoxy) is 1. The number of carbonyl (C=O) groups is 1. The fourth-order valence-corrected chi connectivity index (χ4v) is 3.56. The molecule has 2 aromatic heterocycles. The summed E-state index contributed by atoms with van der Waals surface area (Å²) in [7, 11) is 0. The summed E-state index contributed by atoms with van der Waals surface area (Å²) in [6.07, 6.45) is 2.14. The van der Waals surface area contributed by atoms with Crippen molar-refractivity contribution in [1.29, 1.82) is 0 Å². The molecule has 1 aliphatic heterocycles. The van der Waals surface area contributed by atoms with Gasteiger partial charge in [0.25, 0.3) is 5.91 Å². The summed E-state index contributed by atoms with van der Waals surface area (Å²) < 4.78 is 5.66. The average Bonchev–Trinajstić information content (AvgIpc) is 3.26. The average molecular weight is 327 g/mol. The molecule has 0 unspecified atom stereocenters. The van der Waals surface area contributed by atoms with Crippen LogP contribution in [0.5, 0.6) is 0 Å². The van der Waals surface area contributed by atoms with Gasteiger partial charge in [-0.3, -0.25) is 4.79 Å². The van der Waals surface area contributed by atoms with Crippen LogP contribution in [-0.4, -0.2) is 22.5 Å². The Bertz CT molecular complexity index is 862. The fourth-order valence-electron chi connectivity index (χ4n) is 2.80. The second-order valence-corrected chi connectivity index (χ2v) is 7.01. The Kier molecular flexibility index (Phi) is 3.63. The zero-order chi connectivity index (χ0) is 15.8. The number of nitrogens with zero attached hydrogens (tertiary/aromatic N) is 1. The number of aromatic nitrogens is 2. The number of benzene rings is 1. The Morgan fingerprint density at radius 3 is 3.04 bits per heavy atom. The van der Waals surface area contributed by atoms with Crippen molar-refractivity contribution < 1.29 is 9.53 Å². The Labute approximate surface area is 137 Å². The minimum absolute atomic E-state index is 0.0644. The molecule has 0 radical (unpaired) electrons. The number of aryl methyl sites for hydroxylation is 1. The number of rotatable bonds is 3. The van der Waals surface area contributed by atoms with E-state index in [1.165, 1.54) is 11.3 Å². The van der Waals surface area contributed by atoms with Crippen LogP contribution in [0.1, 0.15) is 39.3 Å². The maximum atomic E-state index is 12.2. The Balaban J connectivity index is 1.57. The van der Waals surface area contributed by atoms with Crippen molar-refractivity contribution in [1.82, 2.24) is 9.97 Å². The number of aromatic amines is 1. The number of hydrogen-bond acceptors (Lipinski definition) is 4. The third-order valence-corrected chi connectivity index (χ3v) is 4.96. The summed E-state index contributed by atoms with van der Waals surface area (Å²) in [6, 6.07) is 9.50. The first-order valence-electron chi connectivity index (χ1n) is 7.68. The molecule has 1 fully saturated rings. The number of H-pyrrole nitrogens is 1. The van der Waals surface area contributed by atoms with Crippen LogP contribution in [0.3, 0.4) is 0 Å². The third-order valence-electron chi connectivity index (χ3n) is 3.96. The van der Waals surface area contributed by atoms with E-state index in [9.17, 15) is 4.79 Å². The lowest BCUT2D eigenvalue weighted by atomic mass is 10.2. The van der Waals surface area contributed by atoms with Gasteiger partial charge >= 0.3 is 0 Å². The highest BCUT2D eigenvalue weighted by atomic mass is 32.1. The van der Waals surface area contributed by atoms with E-state index < -0.39 is 0 Å². The quantitative estimate of drug-likeness (QED) is 0.763. The lowest BCUT2D eigenvalue weighted by molar-refractivity contribution is 0.103. The van der Waals surface area contributed by atoms with Gasteiger partial charge in [0.05, 0.1) is 15.9 Å². The predicted molar refractivity (Wildman–Crippen MR) is 91.0 cm³/mol. The van der Waals surface area contributed by atoms with Crippen LogP contribution in [0.2, 0.25) is 0 Å². The second-order valence-electron chi connectivity index (χ2n) is 5.72. The summed E-state index contributed by atoms with van der Waals surface area (Å²) in [5.41, 5.74) is 2.56. The second kappa shape index (κ2) is 5.79. The van der Waals surface area contributed by atoms with Gasteiger partial charge in [-0.15, -0.1) is 11.3 Å². The molecule has 23 heavy (non-hydrogen) atoms. The monoisotopic (exact) mass is 327 g/mol. The number of fused-ring (bicyclic) bond motifs is 1. The molecule has 0 aliphatic carbocycles. The van der Waals surface area contributed by atoms with Crippen molar-refractivity contribution >= 4 is 34.0 Å². The van der Waals surface area contributed by atoms with Crippen molar-refractivity contribution in [2.24, 2.45) is 0 Å². The normalized spacial score (nSPS) is 17.7. The predicted octanol–water partition coefficient (Wildman–Crippen LogP) is 4.04. The van der Waals surface area contributed by atoms with Gasteiger partial charge in [-0.05, 0) is 50.1 Å². The maximum Gasteiger partial charge on any atom is 0.265 e. The zero-order valence-corrected chi connectivity index (χ0v) is 13.6. The third kappa shape index (κ3) is 2.87. The first kappa shape index (κ1) is 14.4. The molecular formula is C17H17N3O2S. The first-order valence-corrected chi connectivity index (χ1v) is 8.50. The topological polar surface area (TPSA) is 67.0 Å². The largest absolute Gasteiger partial charge is 0.370 e. The van der Waals surface area contributed by atoms with Crippen molar-refractivity contribution in [3.05, 3.63) is 45.9 Å². The van der Waals surface area contributed by atoms with E-state index >= 15 is 0 Å². The highest BCUT2D eigenvalue weighted by Crippen LogP contribution is 2.29. The van der Waals surface area contributed by atoms with E-state index in [0.29, 0.717) is 4.88 Å². The fraction of sp³-hybridized carbons (Fsp3) is 0.294. The molecule has 1 saturated heterocycles. The Morgan fingerprint density at radius 1 is 1.39 bits per heavy atom. The highest BCUT2D eigenvalue weighted by molar-refractivity contribution is 7.14. The summed E-state index contributed by atoms with van der Waals surface area (Å²) >= 11 is 1.49. The van der Waals surface area contributed by atoms with E-state index in [1.807, 2.05) is 37.3 Å². The lowest BCUT2D eigenvalue weighted by Crippen LogP contribution is -2.09. The molecule has 4 rings (SSSR count). The molecule has 0 spiro atoms. The number of imidazole rings is 1. The summed E-state index contributed by atoms with van der Waals surface area (Å²) in [5.74, 6) is 0.788. The molecule has 1 atom stereocenters. The number of anilines is 1. The van der Waals surface area contributed by atoms with Crippen molar-refractivity contribution in [3.8, 4) is 0 Å². The summed E-state index contributed by atoms with van der Waals surface area (Å²) in [6.45, 7) is 2.79. The number of carbonyl (C=O) groups excluding carboxylic acids is 1. The molecule has 1 amide bonds. The van der Waals surface area contributed by atoms with Crippen molar-refractivity contribution in [3.63, 3.8) is 0 Å². The first-order chi connectivity index (χ1) is 11.2. The van der Waals surface area contributed by atoms with Gasteiger partial charge in [-0.25, -0.2) is 4.98 Å². The molecule has 118 valence electrons. The van der Waals surface area contributed by atoms with Crippen LogP contribution in [0, 0.1) is 6.92 Å². The molecule has 5 nitrogen and oxygen atoms in total. The van der Waals surface area contributed by atoms with Gasteiger partial charge in [0.1, 0.15) is 11.9 Å². The van der Waals surface area contributed by atoms with Gasteiger partial charge in [0.15, 0.2) is 0 Å². The molecule has 3 aromatic rings. The Hall–Kier alpha value is -2.18. The van der Waals surface area contributed by atoms with Crippen molar-refractivity contribution in [2.75, 3.05) is 11.9 Å². The molecule has 0 saturated carbocycles. The van der Waals surface area contributed by atoms with E-state index in [0.717, 1.165) is 46.9 Å². The van der Waals surface area contributed by atoms with Gasteiger partial charge in [-0.2, -0.15) is 0 Å². The van der Waals surface area contributed by atoms with Crippen molar-refractivity contribution in [2.45, 2.75) is 25.9 Å². The standard InChI is InChI=1S/C17H17N3O2S/c1-10-4-7-15(23-10)17(21)18-11-5-6-12-13(9-11)20-16(19-12)14-3-2-8-22-14/h4-7,9,14H,2-3,8H2,1H3,(H,18,21)(H,19,20)/t14-/m0/s1. The highest BCUT2D eigenvalue weighted by Gasteiger charge is 2.21. The molecule has 6 heteroatoms. The number of nitrogens with one attached hydrogen (secondary N) is 2. The molecule has 1 aromatic carbocycles. The smallest absolute Gasteiger partial charge is 0.265 e. The molecule has 0 bridgehead atoms. The van der Waals surface area contributed by atoms with E-state index in [2.05, 4.69) is 15.3 Å². The van der Waals surface area contributed by atoms with Gasteiger partial charge in [-0.1, -0.05) is 0 Å². The maximum absolute atomic E-state index is 12.2. The van der Waals surface area contributed by atoms with E-state index in [1.54, 1.807) is 0 Å². The lowest BCUT2D eigenvalue weighted by Gasteiger charge is -2.03. The molecule has 3 heterocycles. The van der Waals surface area contributed by atoms with E-state index in [-0.39, 0.29) is 12.0 Å². The SMILES string of the molecule is Cc1ccc(C(=O)Nc2ccc3nc([C@@H]4CCCO4)[nH]c3c2)s1. The van der Waals surface area contributed by atoms with Gasteiger partial charge in [0.2, 0.25) is 0 Å². The van der Waals surface area contributed by atoms with Crippen LogP contribution < -0.4 is 5.32 Å². The number of amides is 1. The molecular weight excluding hydrogens is 310 g/mol. The molecule has 1 aliphatic rings. The van der Waals surface area contributed by atoms with E-state index in [4.69, 9.17) is 4.74 Å². The molecule has 2 N–H and O–H groups in total. The number of hydrogen-bond donors (Lipinski definition) is 2.